The van der Waals surface area contributed by atoms with Crippen molar-refractivity contribution < 1.29 is 9.84 Å². The zero-order chi connectivity index (χ0) is 10.4. The predicted octanol–water partition coefficient (Wildman–Crippen LogP) is 1.82. The first-order valence-corrected chi connectivity index (χ1v) is 6.37. The van der Waals surface area contributed by atoms with E-state index in [1.165, 1.54) is 12.8 Å². The Morgan fingerprint density at radius 3 is 2.80 bits per heavy atom. The standard InChI is InChI=1S/C13H20O2/c1-12-5-7(14)6-13(12,15-2)11-8-3-4-9(12)10(8)11/h7-11,14H,3-6H2,1-2H3. The molecule has 1 N–H and O–H groups in total. The smallest absolute Gasteiger partial charge is 0.0793 e. The molecular formula is C13H20O2. The predicted molar refractivity (Wildman–Crippen MR) is 56.3 cm³/mol. The van der Waals surface area contributed by atoms with Crippen molar-refractivity contribution in [2.24, 2.45) is 29.1 Å². The minimum atomic E-state index is -0.113. The number of hydrogen-bond acceptors (Lipinski definition) is 2. The first kappa shape index (κ1) is 9.00. The second-order valence-electron chi connectivity index (χ2n) is 6.52. The van der Waals surface area contributed by atoms with Crippen LogP contribution in [0, 0.1) is 29.1 Å². The minimum Gasteiger partial charge on any atom is -0.393 e. The van der Waals surface area contributed by atoms with E-state index in [1.54, 1.807) is 0 Å². The van der Waals surface area contributed by atoms with Gasteiger partial charge in [0.25, 0.3) is 0 Å². The fraction of sp³-hybridized carbons (Fsp3) is 1.00. The van der Waals surface area contributed by atoms with Crippen LogP contribution in [0.3, 0.4) is 0 Å². The molecule has 0 radical (unpaired) electrons. The van der Waals surface area contributed by atoms with Crippen LogP contribution in [0.5, 0.6) is 0 Å². The number of aliphatic hydroxyl groups excluding tert-OH is 1. The quantitative estimate of drug-likeness (QED) is 0.712. The van der Waals surface area contributed by atoms with Gasteiger partial charge in [-0.05, 0) is 42.9 Å². The molecule has 0 saturated heterocycles. The lowest BCUT2D eigenvalue weighted by molar-refractivity contribution is -0.0994. The van der Waals surface area contributed by atoms with Crippen LogP contribution >= 0.6 is 0 Å². The monoisotopic (exact) mass is 208 g/mol. The Morgan fingerprint density at radius 1 is 1.27 bits per heavy atom. The third kappa shape index (κ3) is 0.706. The van der Waals surface area contributed by atoms with E-state index >= 15 is 0 Å². The Bertz CT molecular complexity index is 328. The molecule has 0 bridgehead atoms. The zero-order valence-electron chi connectivity index (χ0n) is 9.57. The van der Waals surface area contributed by atoms with Crippen molar-refractivity contribution in [1.82, 2.24) is 0 Å². The normalized spacial score (nSPS) is 69.4. The second kappa shape index (κ2) is 2.28. The highest BCUT2D eigenvalue weighted by Crippen LogP contribution is 2.82. The Hall–Kier alpha value is -0.0800. The second-order valence-corrected chi connectivity index (χ2v) is 6.52. The van der Waals surface area contributed by atoms with E-state index in [0.717, 1.165) is 36.5 Å². The maximum absolute atomic E-state index is 9.98. The van der Waals surface area contributed by atoms with Crippen molar-refractivity contribution in [2.75, 3.05) is 7.11 Å². The van der Waals surface area contributed by atoms with Gasteiger partial charge in [0.15, 0.2) is 0 Å². The van der Waals surface area contributed by atoms with Crippen LogP contribution in [0.15, 0.2) is 0 Å². The number of rotatable bonds is 1. The van der Waals surface area contributed by atoms with E-state index in [0.29, 0.717) is 0 Å². The molecule has 2 nitrogen and oxygen atoms in total. The fourth-order valence-electron chi connectivity index (χ4n) is 6.04. The van der Waals surface area contributed by atoms with Crippen LogP contribution in [0.4, 0.5) is 0 Å². The lowest BCUT2D eigenvalue weighted by atomic mass is 9.70. The highest BCUT2D eigenvalue weighted by Gasteiger charge is 2.82. The molecule has 84 valence electrons. The van der Waals surface area contributed by atoms with E-state index in [2.05, 4.69) is 6.92 Å². The molecule has 7 unspecified atom stereocenters. The van der Waals surface area contributed by atoms with Crippen LogP contribution in [-0.2, 0) is 4.74 Å². The summed E-state index contributed by atoms with van der Waals surface area (Å²) in [4.78, 5) is 0. The molecule has 4 aliphatic rings. The number of hydrogen-bond donors (Lipinski definition) is 1. The summed E-state index contributed by atoms with van der Waals surface area (Å²) in [5, 5.41) is 9.98. The zero-order valence-corrected chi connectivity index (χ0v) is 9.57. The van der Waals surface area contributed by atoms with Crippen molar-refractivity contribution in [1.29, 1.82) is 0 Å². The highest BCUT2D eigenvalue weighted by atomic mass is 16.5. The first-order valence-electron chi connectivity index (χ1n) is 6.37. The van der Waals surface area contributed by atoms with Crippen molar-refractivity contribution in [3.63, 3.8) is 0 Å². The summed E-state index contributed by atoms with van der Waals surface area (Å²) in [6.07, 6.45) is 4.58. The SMILES string of the molecule is COC12CC(O)CC1(C)C1CCC3C1C32. The molecule has 4 aliphatic carbocycles. The summed E-state index contributed by atoms with van der Waals surface area (Å²) in [5.41, 5.74) is 0.326. The van der Waals surface area contributed by atoms with Gasteiger partial charge >= 0.3 is 0 Å². The Kier molecular flexibility index (Phi) is 1.37. The Morgan fingerprint density at radius 2 is 2.07 bits per heavy atom. The van der Waals surface area contributed by atoms with Gasteiger partial charge in [-0.25, -0.2) is 0 Å². The van der Waals surface area contributed by atoms with Crippen molar-refractivity contribution in [3.8, 4) is 0 Å². The molecule has 0 aromatic heterocycles. The van der Waals surface area contributed by atoms with Gasteiger partial charge in [0.2, 0.25) is 0 Å². The number of methoxy groups -OCH3 is 1. The number of fused-ring (bicyclic) bond motifs is 4. The maximum Gasteiger partial charge on any atom is 0.0793 e. The van der Waals surface area contributed by atoms with Gasteiger partial charge in [0.1, 0.15) is 0 Å². The number of aliphatic hydroxyl groups is 1. The van der Waals surface area contributed by atoms with Crippen molar-refractivity contribution in [2.45, 2.75) is 44.3 Å². The Labute approximate surface area is 91.0 Å². The molecule has 15 heavy (non-hydrogen) atoms. The molecule has 4 fully saturated rings. The van der Waals surface area contributed by atoms with E-state index in [1.807, 2.05) is 7.11 Å². The van der Waals surface area contributed by atoms with Crippen LogP contribution in [0.1, 0.15) is 32.6 Å². The molecule has 0 spiro atoms. The van der Waals surface area contributed by atoms with Crippen molar-refractivity contribution >= 4 is 0 Å². The van der Waals surface area contributed by atoms with Gasteiger partial charge in [-0.15, -0.1) is 0 Å². The molecule has 0 aliphatic heterocycles. The fourth-order valence-corrected chi connectivity index (χ4v) is 6.04. The highest BCUT2D eigenvalue weighted by molar-refractivity contribution is 5.30. The van der Waals surface area contributed by atoms with Gasteiger partial charge in [0, 0.05) is 18.9 Å². The van der Waals surface area contributed by atoms with Crippen molar-refractivity contribution in [3.05, 3.63) is 0 Å². The van der Waals surface area contributed by atoms with E-state index in [4.69, 9.17) is 4.74 Å². The molecule has 4 rings (SSSR count). The van der Waals surface area contributed by atoms with Crippen LogP contribution in [0.2, 0.25) is 0 Å². The molecule has 7 atom stereocenters. The Balaban J connectivity index is 1.85. The lowest BCUT2D eigenvalue weighted by Crippen LogP contribution is -2.45. The molecule has 0 heterocycles. The van der Waals surface area contributed by atoms with Crippen LogP contribution in [-0.4, -0.2) is 23.9 Å². The average Bonchev–Trinajstić information content (AvgIpc) is 2.57. The van der Waals surface area contributed by atoms with Gasteiger partial charge in [-0.3, -0.25) is 0 Å². The molecule has 2 heteroatoms. The van der Waals surface area contributed by atoms with Gasteiger partial charge in [-0.1, -0.05) is 6.92 Å². The molecule has 0 aromatic carbocycles. The first-order chi connectivity index (χ1) is 7.14. The third-order valence-electron chi connectivity index (χ3n) is 6.39. The summed E-state index contributed by atoms with van der Waals surface area (Å²) in [5.74, 6) is 3.56. The molecule has 4 saturated carbocycles. The van der Waals surface area contributed by atoms with Crippen LogP contribution < -0.4 is 0 Å². The minimum absolute atomic E-state index is 0.0446. The summed E-state index contributed by atoms with van der Waals surface area (Å²) < 4.78 is 5.97. The van der Waals surface area contributed by atoms with Crippen LogP contribution in [0.25, 0.3) is 0 Å². The van der Waals surface area contributed by atoms with E-state index in [-0.39, 0.29) is 17.1 Å². The lowest BCUT2D eigenvalue weighted by Gasteiger charge is -2.42. The molecule has 0 aromatic rings. The van der Waals surface area contributed by atoms with Gasteiger partial charge in [0.05, 0.1) is 11.7 Å². The third-order valence-corrected chi connectivity index (χ3v) is 6.39. The van der Waals surface area contributed by atoms with E-state index in [9.17, 15) is 5.11 Å². The molecular weight excluding hydrogens is 188 g/mol. The maximum atomic E-state index is 9.98. The van der Waals surface area contributed by atoms with E-state index < -0.39 is 0 Å². The summed E-state index contributed by atoms with van der Waals surface area (Å²) in [6.45, 7) is 2.38. The summed E-state index contributed by atoms with van der Waals surface area (Å²) in [7, 11) is 1.87. The summed E-state index contributed by atoms with van der Waals surface area (Å²) in [6, 6.07) is 0. The topological polar surface area (TPSA) is 29.5 Å². The van der Waals surface area contributed by atoms with Gasteiger partial charge in [-0.2, -0.15) is 0 Å². The molecule has 0 amide bonds. The summed E-state index contributed by atoms with van der Waals surface area (Å²) >= 11 is 0. The largest absolute Gasteiger partial charge is 0.393 e. The number of ether oxygens (including phenoxy) is 1. The average molecular weight is 208 g/mol. The van der Waals surface area contributed by atoms with Gasteiger partial charge < -0.3 is 9.84 Å².